The minimum atomic E-state index is -1.40. The van der Waals surface area contributed by atoms with Crippen LogP contribution in [-0.4, -0.2) is 15.9 Å². The Morgan fingerprint density at radius 3 is 2.55 bits per heavy atom. The molecule has 0 aliphatic carbocycles. The Morgan fingerprint density at radius 1 is 1.20 bits per heavy atom. The predicted octanol–water partition coefficient (Wildman–Crippen LogP) is 2.67. The zero-order valence-electron chi connectivity index (χ0n) is 10.5. The van der Waals surface area contributed by atoms with E-state index in [1.54, 1.807) is 48.5 Å². The molecular formula is C14H13ClN2O2S. The molecule has 104 valence electrons. The first-order chi connectivity index (χ1) is 9.54. The number of hydrogen-bond acceptors (Lipinski definition) is 3. The average Bonchev–Trinajstić information content (AvgIpc) is 2.39. The van der Waals surface area contributed by atoms with Crippen LogP contribution < -0.4 is 11.1 Å². The summed E-state index contributed by atoms with van der Waals surface area (Å²) in [6.07, 6.45) is 0. The maximum atomic E-state index is 12.0. The Bertz CT molecular complexity index is 644. The van der Waals surface area contributed by atoms with Crippen LogP contribution in [0.25, 0.3) is 0 Å². The fourth-order valence-electron chi connectivity index (χ4n) is 1.60. The van der Waals surface area contributed by atoms with Gasteiger partial charge in [-0.2, -0.15) is 0 Å². The van der Waals surface area contributed by atoms with E-state index in [-0.39, 0.29) is 11.7 Å². The monoisotopic (exact) mass is 308 g/mol. The van der Waals surface area contributed by atoms with Crippen LogP contribution in [0.4, 0.5) is 11.4 Å². The number of hydrogen-bond donors (Lipinski definition) is 2. The Kier molecular flexibility index (Phi) is 4.76. The largest absolute Gasteiger partial charge is 0.399 e. The normalized spacial score (nSPS) is 11.8. The van der Waals surface area contributed by atoms with Crippen LogP contribution in [0, 0.1) is 0 Å². The molecule has 0 radical (unpaired) electrons. The molecule has 2 rings (SSSR count). The van der Waals surface area contributed by atoms with Gasteiger partial charge in [-0.05, 0) is 42.5 Å². The molecule has 0 saturated heterocycles. The van der Waals surface area contributed by atoms with Crippen molar-refractivity contribution in [1.82, 2.24) is 0 Å². The first kappa shape index (κ1) is 14.6. The summed E-state index contributed by atoms with van der Waals surface area (Å²) in [5.41, 5.74) is 6.76. The van der Waals surface area contributed by atoms with Gasteiger partial charge in [-0.25, -0.2) is 0 Å². The van der Waals surface area contributed by atoms with Crippen LogP contribution in [0.15, 0.2) is 53.4 Å². The second-order valence-corrected chi connectivity index (χ2v) is 6.00. The van der Waals surface area contributed by atoms with Crippen molar-refractivity contribution in [3.63, 3.8) is 0 Å². The van der Waals surface area contributed by atoms with Gasteiger partial charge < -0.3 is 11.1 Å². The van der Waals surface area contributed by atoms with Crippen molar-refractivity contribution in [2.45, 2.75) is 4.90 Å². The zero-order valence-corrected chi connectivity index (χ0v) is 12.1. The minimum Gasteiger partial charge on any atom is -0.399 e. The summed E-state index contributed by atoms with van der Waals surface area (Å²) >= 11 is 5.75. The highest BCUT2D eigenvalue weighted by atomic mass is 35.5. The van der Waals surface area contributed by atoms with Gasteiger partial charge in [0.05, 0.1) is 10.8 Å². The van der Waals surface area contributed by atoms with Crippen LogP contribution in [-0.2, 0) is 15.6 Å². The van der Waals surface area contributed by atoms with Gasteiger partial charge in [0.25, 0.3) is 0 Å². The second-order valence-electron chi connectivity index (χ2n) is 4.12. The van der Waals surface area contributed by atoms with E-state index >= 15 is 0 Å². The second kappa shape index (κ2) is 6.54. The summed E-state index contributed by atoms with van der Waals surface area (Å²) in [6.45, 7) is 0. The van der Waals surface area contributed by atoms with Gasteiger partial charge in [0.15, 0.2) is 0 Å². The van der Waals surface area contributed by atoms with E-state index in [1.807, 2.05) is 0 Å². The molecule has 0 bridgehead atoms. The molecule has 0 aliphatic heterocycles. The molecular weight excluding hydrogens is 296 g/mol. The van der Waals surface area contributed by atoms with Crippen molar-refractivity contribution in [2.24, 2.45) is 0 Å². The van der Waals surface area contributed by atoms with Crippen LogP contribution in [0.3, 0.4) is 0 Å². The van der Waals surface area contributed by atoms with Gasteiger partial charge >= 0.3 is 0 Å². The molecule has 0 spiro atoms. The molecule has 3 N–H and O–H groups in total. The third-order valence-corrected chi connectivity index (χ3v) is 4.08. The molecule has 6 heteroatoms. The SMILES string of the molecule is Nc1cccc(NC(=O)CS(=O)c2ccc(Cl)cc2)c1. The summed E-state index contributed by atoms with van der Waals surface area (Å²) in [7, 11) is -1.40. The molecule has 20 heavy (non-hydrogen) atoms. The van der Waals surface area contributed by atoms with Gasteiger partial charge in [-0.15, -0.1) is 0 Å². The summed E-state index contributed by atoms with van der Waals surface area (Å²) in [5.74, 6) is -0.444. The highest BCUT2D eigenvalue weighted by Crippen LogP contribution is 2.14. The van der Waals surface area contributed by atoms with Gasteiger partial charge in [-0.3, -0.25) is 9.00 Å². The molecule has 0 fully saturated rings. The Labute approximate surface area is 124 Å². The van der Waals surface area contributed by atoms with Crippen molar-refractivity contribution < 1.29 is 9.00 Å². The number of nitrogens with two attached hydrogens (primary N) is 1. The number of anilines is 2. The van der Waals surface area contributed by atoms with Gasteiger partial charge in [0.1, 0.15) is 5.75 Å². The molecule has 0 aliphatic rings. The molecule has 1 unspecified atom stereocenters. The molecule has 2 aromatic carbocycles. The topological polar surface area (TPSA) is 72.2 Å². The predicted molar refractivity (Wildman–Crippen MR) is 82.2 cm³/mol. The first-order valence-electron chi connectivity index (χ1n) is 5.84. The lowest BCUT2D eigenvalue weighted by Crippen LogP contribution is -2.19. The third kappa shape index (κ3) is 4.08. The van der Waals surface area contributed by atoms with E-state index in [0.717, 1.165) is 0 Å². The number of nitrogen functional groups attached to an aromatic ring is 1. The lowest BCUT2D eigenvalue weighted by Gasteiger charge is -2.06. The molecule has 4 nitrogen and oxygen atoms in total. The summed E-state index contributed by atoms with van der Waals surface area (Å²) in [4.78, 5) is 12.4. The third-order valence-electron chi connectivity index (χ3n) is 2.51. The molecule has 0 heterocycles. The maximum absolute atomic E-state index is 12.0. The van der Waals surface area contributed by atoms with Crippen molar-refractivity contribution in [2.75, 3.05) is 16.8 Å². The molecule has 2 aromatic rings. The standard InChI is InChI=1S/C14H13ClN2O2S/c15-10-4-6-13(7-5-10)20(19)9-14(18)17-12-3-1-2-11(16)8-12/h1-8H,9,16H2,(H,17,18). The van der Waals surface area contributed by atoms with Crippen LogP contribution in [0.1, 0.15) is 0 Å². The highest BCUT2D eigenvalue weighted by Gasteiger charge is 2.10. The van der Waals surface area contributed by atoms with E-state index in [9.17, 15) is 9.00 Å². The number of rotatable bonds is 4. The highest BCUT2D eigenvalue weighted by molar-refractivity contribution is 7.85. The van der Waals surface area contributed by atoms with Crippen molar-refractivity contribution in [1.29, 1.82) is 0 Å². The fraction of sp³-hybridized carbons (Fsp3) is 0.0714. The zero-order chi connectivity index (χ0) is 14.5. The van der Waals surface area contributed by atoms with Gasteiger partial charge in [0.2, 0.25) is 5.91 Å². The average molecular weight is 309 g/mol. The van der Waals surface area contributed by atoms with Crippen molar-refractivity contribution in [3.05, 3.63) is 53.6 Å². The van der Waals surface area contributed by atoms with Crippen LogP contribution >= 0.6 is 11.6 Å². The van der Waals surface area contributed by atoms with E-state index in [4.69, 9.17) is 17.3 Å². The lowest BCUT2D eigenvalue weighted by atomic mass is 10.3. The quantitative estimate of drug-likeness (QED) is 0.853. The number of halogens is 1. The smallest absolute Gasteiger partial charge is 0.237 e. The number of carbonyl (C=O) groups is 1. The van der Waals surface area contributed by atoms with Gasteiger partial charge in [-0.1, -0.05) is 17.7 Å². The van der Waals surface area contributed by atoms with E-state index in [2.05, 4.69) is 5.32 Å². The Hall–Kier alpha value is -1.85. The Balaban J connectivity index is 1.97. The van der Waals surface area contributed by atoms with E-state index in [0.29, 0.717) is 21.3 Å². The summed E-state index contributed by atoms with van der Waals surface area (Å²) < 4.78 is 12.0. The van der Waals surface area contributed by atoms with Crippen molar-refractivity contribution >= 4 is 39.7 Å². The molecule has 0 aromatic heterocycles. The number of nitrogens with one attached hydrogen (secondary N) is 1. The maximum Gasteiger partial charge on any atom is 0.237 e. The summed E-state index contributed by atoms with van der Waals surface area (Å²) in [5, 5.41) is 3.22. The van der Waals surface area contributed by atoms with Crippen LogP contribution in [0.5, 0.6) is 0 Å². The number of benzene rings is 2. The number of carbonyl (C=O) groups excluding carboxylic acids is 1. The van der Waals surface area contributed by atoms with Crippen LogP contribution in [0.2, 0.25) is 5.02 Å². The molecule has 0 saturated carbocycles. The fourth-order valence-corrected chi connectivity index (χ4v) is 2.64. The summed E-state index contributed by atoms with van der Waals surface area (Å²) in [6, 6.07) is 13.4. The first-order valence-corrected chi connectivity index (χ1v) is 7.53. The van der Waals surface area contributed by atoms with Crippen molar-refractivity contribution in [3.8, 4) is 0 Å². The minimum absolute atomic E-state index is 0.115. The molecule has 1 amide bonds. The number of amides is 1. The molecule has 1 atom stereocenters. The van der Waals surface area contributed by atoms with E-state index < -0.39 is 10.8 Å². The van der Waals surface area contributed by atoms with Gasteiger partial charge in [0, 0.05) is 21.3 Å². The van der Waals surface area contributed by atoms with E-state index in [1.165, 1.54) is 0 Å². The lowest BCUT2D eigenvalue weighted by molar-refractivity contribution is -0.113. The Morgan fingerprint density at radius 2 is 1.90 bits per heavy atom.